The third-order valence-corrected chi connectivity index (χ3v) is 2.77. The van der Waals surface area contributed by atoms with Crippen LogP contribution in [-0.2, 0) is 16.1 Å². The molecule has 1 heterocycles. The number of hydrogen-bond donors (Lipinski definition) is 3. The third-order valence-electron chi connectivity index (χ3n) is 2.77. The molecule has 4 N–H and O–H groups in total. The Morgan fingerprint density at radius 3 is 2.81 bits per heavy atom. The van der Waals surface area contributed by atoms with Crippen molar-refractivity contribution in [3.63, 3.8) is 0 Å². The Morgan fingerprint density at radius 2 is 2.19 bits per heavy atom. The molecule has 0 aliphatic carbocycles. The number of hydrazine groups is 1. The first kappa shape index (κ1) is 17.2. The van der Waals surface area contributed by atoms with Crippen LogP contribution >= 0.6 is 0 Å². The fourth-order valence-corrected chi connectivity index (χ4v) is 1.83. The molecular weight excluding hydrogens is 276 g/mol. The van der Waals surface area contributed by atoms with Crippen LogP contribution in [0.25, 0.3) is 0 Å². The van der Waals surface area contributed by atoms with Gasteiger partial charge in [-0.2, -0.15) is 0 Å². The van der Waals surface area contributed by atoms with E-state index >= 15 is 0 Å². The lowest BCUT2D eigenvalue weighted by Gasteiger charge is -2.14. The summed E-state index contributed by atoms with van der Waals surface area (Å²) in [5.41, 5.74) is 2.73. The van der Waals surface area contributed by atoms with Crippen molar-refractivity contribution in [2.24, 2.45) is 5.84 Å². The van der Waals surface area contributed by atoms with Crippen LogP contribution in [0.15, 0.2) is 10.5 Å². The number of hydrogen-bond acceptors (Lipinski definition) is 6. The molecule has 0 atom stereocenters. The summed E-state index contributed by atoms with van der Waals surface area (Å²) in [4.78, 5) is 24.8. The minimum atomic E-state index is -0.473. The van der Waals surface area contributed by atoms with Gasteiger partial charge in [0, 0.05) is 19.2 Å². The largest absolute Gasteiger partial charge is 0.454 e. The Bertz CT molecular complexity index is 487. The number of nitrogens with zero attached hydrogens (tertiary/aromatic N) is 1. The number of likely N-dealkylation sites (N-methyl/N-ethyl adjacent to an activating group) is 1. The minimum Gasteiger partial charge on any atom is -0.454 e. The van der Waals surface area contributed by atoms with Crippen LogP contribution in [0.2, 0.25) is 0 Å². The molecule has 0 saturated heterocycles. The molecular formula is C13H22N4O4. The highest BCUT2D eigenvalue weighted by Gasteiger charge is 2.16. The van der Waals surface area contributed by atoms with Crippen LogP contribution in [0.1, 0.15) is 21.9 Å². The molecule has 1 aromatic rings. The van der Waals surface area contributed by atoms with Crippen molar-refractivity contribution in [1.82, 2.24) is 15.6 Å². The molecule has 0 saturated carbocycles. The van der Waals surface area contributed by atoms with Gasteiger partial charge in [-0.15, -0.1) is 0 Å². The minimum absolute atomic E-state index is 0.0993. The monoisotopic (exact) mass is 298 g/mol. The summed E-state index contributed by atoms with van der Waals surface area (Å²) >= 11 is 0. The number of carbonyl (C=O) groups excluding carboxylic acids is 2. The molecule has 0 aliphatic heterocycles. The summed E-state index contributed by atoms with van der Waals surface area (Å²) in [7, 11) is 3.36. The maximum absolute atomic E-state index is 11.6. The van der Waals surface area contributed by atoms with Crippen LogP contribution in [0.4, 0.5) is 0 Å². The second-order valence-electron chi connectivity index (χ2n) is 4.71. The molecule has 0 radical (unpaired) electrons. The lowest BCUT2D eigenvalue weighted by Crippen LogP contribution is -2.36. The number of nitrogens with one attached hydrogen (secondary N) is 2. The van der Waals surface area contributed by atoms with Gasteiger partial charge in [-0.25, -0.2) is 5.84 Å². The number of nitrogen functional groups attached to an aromatic ring is 1. The lowest BCUT2D eigenvalue weighted by atomic mass is 10.2. The van der Waals surface area contributed by atoms with E-state index in [0.717, 1.165) is 0 Å². The number of ether oxygens (including phenoxy) is 1. The van der Waals surface area contributed by atoms with E-state index in [1.54, 1.807) is 32.0 Å². The van der Waals surface area contributed by atoms with Crippen molar-refractivity contribution < 1.29 is 18.7 Å². The number of nitrogens with two attached hydrogens (primary N) is 1. The Hall–Kier alpha value is -1.90. The van der Waals surface area contributed by atoms with E-state index in [0.29, 0.717) is 31.0 Å². The van der Waals surface area contributed by atoms with E-state index < -0.39 is 5.91 Å². The van der Waals surface area contributed by atoms with Crippen LogP contribution in [0, 0.1) is 6.92 Å². The first-order valence-corrected chi connectivity index (χ1v) is 6.52. The zero-order valence-corrected chi connectivity index (χ0v) is 12.6. The third kappa shape index (κ3) is 5.54. The van der Waals surface area contributed by atoms with Crippen LogP contribution in [-0.4, -0.2) is 50.6 Å². The molecule has 1 rings (SSSR count). The SMILES string of the molecule is COCCNC(=O)CN(C)Cc1cc(C)c(C(=O)NN)o1. The molecule has 0 aliphatic rings. The highest BCUT2D eigenvalue weighted by atomic mass is 16.5. The molecule has 0 unspecified atom stereocenters. The zero-order chi connectivity index (χ0) is 15.8. The van der Waals surface area contributed by atoms with E-state index in [-0.39, 0.29) is 18.2 Å². The molecule has 0 spiro atoms. The number of rotatable bonds is 8. The van der Waals surface area contributed by atoms with Crippen molar-refractivity contribution in [3.05, 3.63) is 23.2 Å². The summed E-state index contributed by atoms with van der Waals surface area (Å²) in [5, 5.41) is 2.73. The van der Waals surface area contributed by atoms with E-state index in [1.165, 1.54) is 0 Å². The Labute approximate surface area is 123 Å². The van der Waals surface area contributed by atoms with Gasteiger partial charge in [0.2, 0.25) is 5.91 Å². The lowest BCUT2D eigenvalue weighted by molar-refractivity contribution is -0.122. The van der Waals surface area contributed by atoms with Crippen LogP contribution in [0.5, 0.6) is 0 Å². The molecule has 0 bridgehead atoms. The average Bonchev–Trinajstić information content (AvgIpc) is 2.78. The van der Waals surface area contributed by atoms with Gasteiger partial charge in [-0.05, 0) is 20.0 Å². The quantitative estimate of drug-likeness (QED) is 0.255. The summed E-state index contributed by atoms with van der Waals surface area (Å²) in [5.74, 6) is 5.28. The normalized spacial score (nSPS) is 10.7. The van der Waals surface area contributed by atoms with E-state index in [9.17, 15) is 9.59 Å². The fourth-order valence-electron chi connectivity index (χ4n) is 1.83. The van der Waals surface area contributed by atoms with Crippen molar-refractivity contribution in [2.75, 3.05) is 33.9 Å². The number of carbonyl (C=O) groups is 2. The van der Waals surface area contributed by atoms with Gasteiger partial charge in [-0.1, -0.05) is 0 Å². The topological polar surface area (TPSA) is 110 Å². The van der Waals surface area contributed by atoms with Crippen molar-refractivity contribution >= 4 is 11.8 Å². The molecule has 0 aromatic carbocycles. The molecule has 0 fully saturated rings. The predicted molar refractivity (Wildman–Crippen MR) is 76.3 cm³/mol. The summed E-state index contributed by atoms with van der Waals surface area (Å²) < 4.78 is 10.3. The fraction of sp³-hybridized carbons (Fsp3) is 0.538. The van der Waals surface area contributed by atoms with Gasteiger partial charge < -0.3 is 14.5 Å². The number of amides is 2. The number of aryl methyl sites for hydroxylation is 1. The summed E-state index contributed by atoms with van der Waals surface area (Å²) in [6, 6.07) is 1.75. The second-order valence-corrected chi connectivity index (χ2v) is 4.71. The highest BCUT2D eigenvalue weighted by Crippen LogP contribution is 2.15. The Morgan fingerprint density at radius 1 is 1.48 bits per heavy atom. The first-order chi connectivity index (χ1) is 9.97. The number of methoxy groups -OCH3 is 1. The van der Waals surface area contributed by atoms with Gasteiger partial charge in [0.05, 0.1) is 19.7 Å². The summed E-state index contributed by atoms with van der Waals surface area (Å²) in [6.45, 7) is 3.35. The molecule has 2 amide bonds. The Kier molecular flexibility index (Phi) is 6.86. The molecule has 1 aromatic heterocycles. The zero-order valence-electron chi connectivity index (χ0n) is 12.6. The van der Waals surface area contributed by atoms with Gasteiger partial charge in [-0.3, -0.25) is 19.9 Å². The van der Waals surface area contributed by atoms with Crippen molar-refractivity contribution in [1.29, 1.82) is 0 Å². The van der Waals surface area contributed by atoms with E-state index in [2.05, 4.69) is 5.32 Å². The maximum Gasteiger partial charge on any atom is 0.301 e. The van der Waals surface area contributed by atoms with E-state index in [1.807, 2.05) is 5.43 Å². The number of furan rings is 1. The van der Waals surface area contributed by atoms with Gasteiger partial charge in [0.1, 0.15) is 5.76 Å². The van der Waals surface area contributed by atoms with Gasteiger partial charge in [0.15, 0.2) is 5.76 Å². The van der Waals surface area contributed by atoms with Crippen molar-refractivity contribution in [3.8, 4) is 0 Å². The molecule has 8 nitrogen and oxygen atoms in total. The highest BCUT2D eigenvalue weighted by molar-refractivity contribution is 5.92. The first-order valence-electron chi connectivity index (χ1n) is 6.52. The van der Waals surface area contributed by atoms with E-state index in [4.69, 9.17) is 15.0 Å². The molecule has 8 heteroatoms. The van der Waals surface area contributed by atoms with Gasteiger partial charge in [0.25, 0.3) is 0 Å². The maximum atomic E-state index is 11.6. The molecule has 118 valence electrons. The van der Waals surface area contributed by atoms with Crippen LogP contribution in [0.3, 0.4) is 0 Å². The van der Waals surface area contributed by atoms with Crippen molar-refractivity contribution in [2.45, 2.75) is 13.5 Å². The molecule has 21 heavy (non-hydrogen) atoms. The van der Waals surface area contributed by atoms with Crippen LogP contribution < -0.4 is 16.6 Å². The second kappa shape index (κ2) is 8.40. The smallest absolute Gasteiger partial charge is 0.301 e. The Balaban J connectivity index is 2.49. The standard InChI is InChI=1S/C13H22N4O4/c1-9-6-10(21-12(9)13(19)16-14)7-17(2)8-11(18)15-4-5-20-3/h6H,4-5,7-8,14H2,1-3H3,(H,15,18)(H,16,19). The predicted octanol–water partition coefficient (Wildman–Crippen LogP) is -0.614. The van der Waals surface area contributed by atoms with Gasteiger partial charge >= 0.3 is 5.91 Å². The summed E-state index contributed by atoms with van der Waals surface area (Å²) in [6.07, 6.45) is 0. The average molecular weight is 298 g/mol.